The molecule has 58 valence electrons. The van der Waals surface area contributed by atoms with Gasteiger partial charge in [-0.1, -0.05) is 6.08 Å². The van der Waals surface area contributed by atoms with Gasteiger partial charge in [0.2, 0.25) is 0 Å². The van der Waals surface area contributed by atoms with E-state index in [1.54, 1.807) is 6.08 Å². The molecule has 0 bridgehead atoms. The largest absolute Gasteiger partial charge is 1.00 e. The van der Waals surface area contributed by atoms with Crippen LogP contribution in [0.25, 0.3) is 0 Å². The predicted molar refractivity (Wildman–Crippen MR) is 33.2 cm³/mol. The fraction of sp³-hybridized carbons (Fsp3) is 0.500. The lowest BCUT2D eigenvalue weighted by atomic mass is 10.1. The van der Waals surface area contributed by atoms with Gasteiger partial charge in [0, 0.05) is 12.1 Å². The number of hydrogen-bond donors (Lipinski definition) is 2. The summed E-state index contributed by atoms with van der Waals surface area (Å²) in [6.07, 6.45) is 2.36. The first-order chi connectivity index (χ1) is 4.30. The molecule has 10 heavy (non-hydrogen) atoms. The van der Waals surface area contributed by atoms with Gasteiger partial charge in [0.05, 0.1) is 0 Å². The van der Waals surface area contributed by atoms with E-state index < -0.39 is 5.97 Å². The van der Waals surface area contributed by atoms with Crippen molar-refractivity contribution < 1.29 is 22.3 Å². The number of carboxylic acid groups (broad SMARTS) is 1. The molecule has 0 radical (unpaired) electrons. The highest BCUT2D eigenvalue weighted by atomic mass is 35.5. The van der Waals surface area contributed by atoms with Crippen molar-refractivity contribution in [2.75, 3.05) is 13.1 Å². The Labute approximate surface area is 65.5 Å². The standard InChI is InChI=1S/C6H9NO2.ClH/c8-6(9)5-1-3-7-4-2-5;/h1,7H,2-4H2,(H,8,9);1H/p-1. The van der Waals surface area contributed by atoms with Gasteiger partial charge >= 0.3 is 5.97 Å². The third-order valence-corrected chi connectivity index (χ3v) is 1.34. The summed E-state index contributed by atoms with van der Waals surface area (Å²) in [5.74, 6) is -0.781. The van der Waals surface area contributed by atoms with Gasteiger partial charge in [-0.3, -0.25) is 0 Å². The predicted octanol–water partition coefficient (Wildman–Crippen LogP) is -3.01. The topological polar surface area (TPSA) is 49.3 Å². The Morgan fingerprint density at radius 1 is 1.70 bits per heavy atom. The highest BCUT2D eigenvalue weighted by molar-refractivity contribution is 5.86. The van der Waals surface area contributed by atoms with E-state index in [9.17, 15) is 4.79 Å². The van der Waals surface area contributed by atoms with E-state index in [4.69, 9.17) is 5.11 Å². The molecule has 0 aromatic carbocycles. The molecule has 3 nitrogen and oxygen atoms in total. The van der Waals surface area contributed by atoms with Crippen LogP contribution < -0.4 is 17.7 Å². The molecule has 0 amide bonds. The monoisotopic (exact) mass is 162 g/mol. The Bertz CT molecular complexity index is 156. The van der Waals surface area contributed by atoms with Crippen molar-refractivity contribution in [2.24, 2.45) is 0 Å². The molecule has 1 aliphatic rings. The van der Waals surface area contributed by atoms with E-state index in [1.165, 1.54) is 0 Å². The van der Waals surface area contributed by atoms with Crippen LogP contribution >= 0.6 is 0 Å². The molecule has 0 fully saturated rings. The molecule has 0 aromatic rings. The normalized spacial score (nSPS) is 17.0. The zero-order valence-electron chi connectivity index (χ0n) is 5.43. The van der Waals surface area contributed by atoms with E-state index in [0.717, 1.165) is 6.54 Å². The minimum absolute atomic E-state index is 0. The maximum atomic E-state index is 10.3. The highest BCUT2D eigenvalue weighted by Crippen LogP contribution is 2.02. The minimum Gasteiger partial charge on any atom is -1.00 e. The van der Waals surface area contributed by atoms with E-state index >= 15 is 0 Å². The molecule has 0 spiro atoms. The number of rotatable bonds is 1. The third kappa shape index (κ3) is 2.37. The van der Waals surface area contributed by atoms with Gasteiger partial charge in [-0.15, -0.1) is 0 Å². The summed E-state index contributed by atoms with van der Waals surface area (Å²) in [7, 11) is 0. The van der Waals surface area contributed by atoms with Gasteiger partial charge in [0.15, 0.2) is 0 Å². The maximum Gasteiger partial charge on any atom is 0.331 e. The van der Waals surface area contributed by atoms with E-state index in [-0.39, 0.29) is 12.4 Å². The third-order valence-electron chi connectivity index (χ3n) is 1.34. The average Bonchev–Trinajstić information content (AvgIpc) is 1.90. The first kappa shape index (κ1) is 9.46. The summed E-state index contributed by atoms with van der Waals surface area (Å²) < 4.78 is 0. The summed E-state index contributed by atoms with van der Waals surface area (Å²) in [6.45, 7) is 1.49. The van der Waals surface area contributed by atoms with Crippen LogP contribution in [-0.4, -0.2) is 24.2 Å². The van der Waals surface area contributed by atoms with Crippen LogP contribution in [0.1, 0.15) is 6.42 Å². The first-order valence-corrected chi connectivity index (χ1v) is 2.94. The van der Waals surface area contributed by atoms with Crippen LogP contribution in [0.15, 0.2) is 11.6 Å². The van der Waals surface area contributed by atoms with Crippen LogP contribution in [-0.2, 0) is 4.79 Å². The van der Waals surface area contributed by atoms with Crippen molar-refractivity contribution in [3.05, 3.63) is 11.6 Å². The van der Waals surface area contributed by atoms with Crippen LogP contribution in [0, 0.1) is 0 Å². The molecular weight excluding hydrogens is 154 g/mol. The molecule has 1 rings (SSSR count). The molecule has 2 N–H and O–H groups in total. The molecule has 0 atom stereocenters. The van der Waals surface area contributed by atoms with Crippen molar-refractivity contribution in [3.8, 4) is 0 Å². The SMILES string of the molecule is O=C(O)C1=CCNCC1.[Cl-]. The van der Waals surface area contributed by atoms with Crippen LogP contribution in [0.3, 0.4) is 0 Å². The van der Waals surface area contributed by atoms with Crippen molar-refractivity contribution in [1.29, 1.82) is 0 Å². The zero-order chi connectivity index (χ0) is 6.69. The second-order valence-corrected chi connectivity index (χ2v) is 1.99. The summed E-state index contributed by atoms with van der Waals surface area (Å²) in [5, 5.41) is 11.5. The van der Waals surface area contributed by atoms with E-state index in [2.05, 4.69) is 5.32 Å². The lowest BCUT2D eigenvalue weighted by Gasteiger charge is -2.08. The van der Waals surface area contributed by atoms with Crippen molar-refractivity contribution in [2.45, 2.75) is 6.42 Å². The lowest BCUT2D eigenvalue weighted by Crippen LogP contribution is -3.00. The summed E-state index contributed by atoms with van der Waals surface area (Å²) in [4.78, 5) is 10.3. The van der Waals surface area contributed by atoms with Crippen LogP contribution in [0.4, 0.5) is 0 Å². The number of carbonyl (C=O) groups is 1. The van der Waals surface area contributed by atoms with Crippen molar-refractivity contribution >= 4 is 5.97 Å². The molecule has 1 aliphatic heterocycles. The van der Waals surface area contributed by atoms with Gasteiger partial charge in [-0.05, 0) is 13.0 Å². The lowest BCUT2D eigenvalue weighted by molar-refractivity contribution is -0.132. The first-order valence-electron chi connectivity index (χ1n) is 2.94. The summed E-state index contributed by atoms with van der Waals surface area (Å²) in [6, 6.07) is 0. The fourth-order valence-corrected chi connectivity index (χ4v) is 0.817. The van der Waals surface area contributed by atoms with Gasteiger partial charge in [-0.2, -0.15) is 0 Å². The molecular formula is C6H9ClNO2-. The fourth-order valence-electron chi connectivity index (χ4n) is 0.817. The Morgan fingerprint density at radius 2 is 2.40 bits per heavy atom. The Hall–Kier alpha value is -0.540. The molecule has 4 heteroatoms. The van der Waals surface area contributed by atoms with Gasteiger partial charge in [0.25, 0.3) is 0 Å². The molecule has 0 unspecified atom stereocenters. The minimum atomic E-state index is -0.781. The van der Waals surface area contributed by atoms with Gasteiger partial charge in [-0.25, -0.2) is 4.79 Å². The van der Waals surface area contributed by atoms with Crippen LogP contribution in [0.2, 0.25) is 0 Å². The van der Waals surface area contributed by atoms with E-state index in [1.807, 2.05) is 0 Å². The zero-order valence-corrected chi connectivity index (χ0v) is 6.19. The second kappa shape index (κ2) is 4.30. The molecule has 0 saturated carbocycles. The molecule has 0 saturated heterocycles. The Balaban J connectivity index is 0.000000810. The number of aliphatic carboxylic acids is 1. The molecule has 0 aliphatic carbocycles. The van der Waals surface area contributed by atoms with E-state index in [0.29, 0.717) is 18.5 Å². The Morgan fingerprint density at radius 3 is 2.70 bits per heavy atom. The maximum absolute atomic E-state index is 10.3. The number of carboxylic acids is 1. The van der Waals surface area contributed by atoms with Crippen molar-refractivity contribution in [1.82, 2.24) is 5.32 Å². The number of halogens is 1. The Kier molecular flexibility index (Phi) is 4.07. The smallest absolute Gasteiger partial charge is 0.331 e. The summed E-state index contributed by atoms with van der Waals surface area (Å²) >= 11 is 0. The highest BCUT2D eigenvalue weighted by Gasteiger charge is 2.08. The van der Waals surface area contributed by atoms with Gasteiger partial charge in [0.1, 0.15) is 0 Å². The van der Waals surface area contributed by atoms with Crippen LogP contribution in [0.5, 0.6) is 0 Å². The molecule has 0 aromatic heterocycles. The summed E-state index contributed by atoms with van der Waals surface area (Å²) in [5.41, 5.74) is 0.536. The number of nitrogens with one attached hydrogen (secondary N) is 1. The van der Waals surface area contributed by atoms with Crippen molar-refractivity contribution in [3.63, 3.8) is 0 Å². The second-order valence-electron chi connectivity index (χ2n) is 1.99. The number of hydrogen-bond acceptors (Lipinski definition) is 2. The van der Waals surface area contributed by atoms with Gasteiger partial charge < -0.3 is 22.8 Å². The quantitative estimate of drug-likeness (QED) is 0.432. The molecule has 1 heterocycles. The average molecular weight is 163 g/mol.